The molecule has 4 heteroatoms. The van der Waals surface area contributed by atoms with E-state index in [1.807, 2.05) is 0 Å². The summed E-state index contributed by atoms with van der Waals surface area (Å²) in [7, 11) is 0. The minimum Gasteiger partial charge on any atom is -0.485 e. The molecule has 2 atom stereocenters. The van der Waals surface area contributed by atoms with E-state index in [4.69, 9.17) is 4.74 Å². The minimum atomic E-state index is -0.732. The lowest BCUT2D eigenvalue weighted by Crippen LogP contribution is -2.41. The highest BCUT2D eigenvalue weighted by Gasteiger charge is 2.31. The van der Waals surface area contributed by atoms with Crippen LogP contribution in [0, 0.1) is 11.6 Å². The van der Waals surface area contributed by atoms with Crippen molar-refractivity contribution in [2.75, 3.05) is 0 Å². The van der Waals surface area contributed by atoms with Gasteiger partial charge in [-0.05, 0) is 25.0 Å². The van der Waals surface area contributed by atoms with Gasteiger partial charge in [0, 0.05) is 6.07 Å². The highest BCUT2D eigenvalue weighted by molar-refractivity contribution is 5.25. The molecule has 2 rings (SSSR count). The largest absolute Gasteiger partial charge is 0.485 e. The molecule has 0 aliphatic heterocycles. The number of rotatable bonds is 2. The first-order valence-corrected chi connectivity index (χ1v) is 4.46. The first kappa shape index (κ1) is 9.40. The second-order valence-corrected chi connectivity index (χ2v) is 3.38. The summed E-state index contributed by atoms with van der Waals surface area (Å²) >= 11 is 0. The molecule has 1 aliphatic carbocycles. The molecular weight excluding hydrogens is 190 g/mol. The Morgan fingerprint density at radius 2 is 2.07 bits per heavy atom. The van der Waals surface area contributed by atoms with Gasteiger partial charge in [-0.15, -0.1) is 0 Å². The molecule has 0 saturated heterocycles. The molecule has 1 aromatic carbocycles. The van der Waals surface area contributed by atoms with Gasteiger partial charge in [0.15, 0.2) is 11.6 Å². The van der Waals surface area contributed by atoms with Gasteiger partial charge in [-0.3, -0.25) is 0 Å². The topological polar surface area (TPSA) is 29.5 Å². The fourth-order valence-corrected chi connectivity index (χ4v) is 1.32. The van der Waals surface area contributed by atoms with E-state index in [1.165, 1.54) is 6.07 Å². The average Bonchev–Trinajstić information content (AvgIpc) is 2.14. The standard InChI is InChI=1S/C10H10F2O2/c11-6-1-3-9(7(12)5-6)14-10-4-2-8(10)13/h1,3,5,8,10,13H,2,4H2. The third-order valence-corrected chi connectivity index (χ3v) is 2.35. The molecule has 2 nitrogen and oxygen atoms in total. The highest BCUT2D eigenvalue weighted by atomic mass is 19.1. The molecule has 0 heterocycles. The molecular formula is C10H10F2O2. The summed E-state index contributed by atoms with van der Waals surface area (Å²) < 4.78 is 30.7. The third kappa shape index (κ3) is 1.70. The minimum absolute atomic E-state index is 0.00449. The van der Waals surface area contributed by atoms with E-state index >= 15 is 0 Å². The van der Waals surface area contributed by atoms with Crippen LogP contribution in [0.2, 0.25) is 0 Å². The van der Waals surface area contributed by atoms with Crippen molar-refractivity contribution in [1.82, 2.24) is 0 Å². The zero-order valence-corrected chi connectivity index (χ0v) is 7.41. The molecule has 76 valence electrons. The normalized spacial score (nSPS) is 25.6. The first-order chi connectivity index (χ1) is 6.66. The van der Waals surface area contributed by atoms with Crippen molar-refractivity contribution in [1.29, 1.82) is 0 Å². The van der Waals surface area contributed by atoms with Gasteiger partial charge in [0.25, 0.3) is 0 Å². The summed E-state index contributed by atoms with van der Waals surface area (Å²) in [5.74, 6) is -1.37. The summed E-state index contributed by atoms with van der Waals surface area (Å²) in [6, 6.07) is 3.12. The van der Waals surface area contributed by atoms with Crippen molar-refractivity contribution in [3.05, 3.63) is 29.8 Å². The molecule has 2 unspecified atom stereocenters. The Morgan fingerprint density at radius 3 is 2.57 bits per heavy atom. The molecule has 0 amide bonds. The SMILES string of the molecule is OC1CCC1Oc1ccc(F)cc1F. The van der Waals surface area contributed by atoms with Crippen LogP contribution in [0.25, 0.3) is 0 Å². The number of benzene rings is 1. The lowest BCUT2D eigenvalue weighted by molar-refractivity contribution is -0.0378. The van der Waals surface area contributed by atoms with Gasteiger partial charge in [0.1, 0.15) is 11.9 Å². The number of hydrogen-bond donors (Lipinski definition) is 1. The maximum Gasteiger partial charge on any atom is 0.167 e. The molecule has 1 aliphatic rings. The molecule has 1 aromatic rings. The van der Waals surface area contributed by atoms with Crippen molar-refractivity contribution in [3.63, 3.8) is 0 Å². The van der Waals surface area contributed by atoms with Gasteiger partial charge in [0.2, 0.25) is 0 Å². The lowest BCUT2D eigenvalue weighted by Gasteiger charge is -2.32. The molecule has 1 N–H and O–H groups in total. The summed E-state index contributed by atoms with van der Waals surface area (Å²) in [4.78, 5) is 0. The second-order valence-electron chi connectivity index (χ2n) is 3.38. The maximum atomic E-state index is 13.1. The zero-order valence-electron chi connectivity index (χ0n) is 7.41. The number of aliphatic hydroxyl groups excluding tert-OH is 1. The monoisotopic (exact) mass is 200 g/mol. The van der Waals surface area contributed by atoms with E-state index in [2.05, 4.69) is 0 Å². The van der Waals surface area contributed by atoms with Crippen LogP contribution in [-0.2, 0) is 0 Å². The maximum absolute atomic E-state index is 13.1. The Kier molecular flexibility index (Phi) is 2.37. The number of hydrogen-bond acceptors (Lipinski definition) is 2. The quantitative estimate of drug-likeness (QED) is 0.789. The summed E-state index contributed by atoms with van der Waals surface area (Å²) in [6.45, 7) is 0. The highest BCUT2D eigenvalue weighted by Crippen LogP contribution is 2.27. The molecule has 1 fully saturated rings. The van der Waals surface area contributed by atoms with Crippen molar-refractivity contribution in [2.45, 2.75) is 25.0 Å². The molecule has 0 bridgehead atoms. The van der Waals surface area contributed by atoms with Crippen molar-refractivity contribution >= 4 is 0 Å². The smallest absolute Gasteiger partial charge is 0.167 e. The van der Waals surface area contributed by atoms with Crippen LogP contribution in [-0.4, -0.2) is 17.3 Å². The van der Waals surface area contributed by atoms with Crippen LogP contribution in [0.15, 0.2) is 18.2 Å². The third-order valence-electron chi connectivity index (χ3n) is 2.35. The Labute approximate surface area is 80.1 Å². The van der Waals surface area contributed by atoms with Crippen molar-refractivity contribution in [2.24, 2.45) is 0 Å². The Morgan fingerprint density at radius 1 is 1.29 bits per heavy atom. The molecule has 14 heavy (non-hydrogen) atoms. The number of ether oxygens (including phenoxy) is 1. The summed E-state index contributed by atoms with van der Waals surface area (Å²) in [5.41, 5.74) is 0. The van der Waals surface area contributed by atoms with Gasteiger partial charge >= 0.3 is 0 Å². The predicted molar refractivity (Wildman–Crippen MR) is 46.0 cm³/mol. The zero-order chi connectivity index (χ0) is 10.1. The molecule has 1 saturated carbocycles. The van der Waals surface area contributed by atoms with E-state index in [1.54, 1.807) is 0 Å². The summed E-state index contributed by atoms with van der Waals surface area (Å²) in [6.07, 6.45) is 0.500. The predicted octanol–water partition coefficient (Wildman–Crippen LogP) is 1.87. The molecule has 0 radical (unpaired) electrons. The van der Waals surface area contributed by atoms with Crippen molar-refractivity contribution < 1.29 is 18.6 Å². The average molecular weight is 200 g/mol. The second kappa shape index (κ2) is 3.53. The van der Waals surface area contributed by atoms with Gasteiger partial charge in [-0.1, -0.05) is 0 Å². The van der Waals surface area contributed by atoms with E-state index in [0.717, 1.165) is 12.1 Å². The van der Waals surface area contributed by atoms with Crippen LogP contribution in [0.5, 0.6) is 5.75 Å². The molecule has 0 aromatic heterocycles. The van der Waals surface area contributed by atoms with Crippen LogP contribution >= 0.6 is 0 Å². The van der Waals surface area contributed by atoms with E-state index in [0.29, 0.717) is 12.8 Å². The van der Waals surface area contributed by atoms with Crippen LogP contribution in [0.3, 0.4) is 0 Å². The van der Waals surface area contributed by atoms with Gasteiger partial charge in [0.05, 0.1) is 6.10 Å². The van der Waals surface area contributed by atoms with Crippen molar-refractivity contribution in [3.8, 4) is 5.75 Å². The fraction of sp³-hybridized carbons (Fsp3) is 0.400. The van der Waals surface area contributed by atoms with Crippen LogP contribution < -0.4 is 4.74 Å². The number of aliphatic hydroxyl groups is 1. The van der Waals surface area contributed by atoms with Gasteiger partial charge in [-0.2, -0.15) is 0 Å². The lowest BCUT2D eigenvalue weighted by atomic mass is 9.92. The van der Waals surface area contributed by atoms with Crippen LogP contribution in [0.4, 0.5) is 8.78 Å². The van der Waals surface area contributed by atoms with E-state index in [9.17, 15) is 13.9 Å². The fourth-order valence-electron chi connectivity index (χ4n) is 1.32. The Balaban J connectivity index is 2.09. The van der Waals surface area contributed by atoms with E-state index in [-0.39, 0.29) is 11.9 Å². The summed E-state index contributed by atoms with van der Waals surface area (Å²) in [5, 5.41) is 9.19. The number of halogens is 2. The first-order valence-electron chi connectivity index (χ1n) is 4.46. The van der Waals surface area contributed by atoms with E-state index < -0.39 is 17.7 Å². The van der Waals surface area contributed by atoms with Gasteiger partial charge in [-0.25, -0.2) is 8.78 Å². The van der Waals surface area contributed by atoms with Gasteiger partial charge < -0.3 is 9.84 Å². The Hall–Kier alpha value is -1.16. The van der Waals surface area contributed by atoms with Crippen LogP contribution in [0.1, 0.15) is 12.8 Å². The Bertz CT molecular complexity index is 341. The molecule has 0 spiro atoms.